The minimum absolute atomic E-state index is 0.0905. The first-order valence-corrected chi connectivity index (χ1v) is 9.32. The highest BCUT2D eigenvalue weighted by Crippen LogP contribution is 2.37. The summed E-state index contributed by atoms with van der Waals surface area (Å²) in [7, 11) is 0. The van der Waals surface area contributed by atoms with Crippen molar-refractivity contribution < 1.29 is 4.39 Å². The first-order chi connectivity index (χ1) is 12.6. The molecule has 26 heavy (non-hydrogen) atoms. The summed E-state index contributed by atoms with van der Waals surface area (Å²) in [4.78, 5) is 0. The Morgan fingerprint density at radius 2 is 1.88 bits per heavy atom. The summed E-state index contributed by atoms with van der Waals surface area (Å²) in [6.45, 7) is 2.21. The molecule has 0 amide bonds. The van der Waals surface area contributed by atoms with Gasteiger partial charge in [0.2, 0.25) is 5.67 Å². The predicted octanol–water partition coefficient (Wildman–Crippen LogP) is 6.66. The van der Waals surface area contributed by atoms with Crippen LogP contribution in [0.4, 0.5) is 4.39 Å². The Balaban J connectivity index is 1.94. The monoisotopic (exact) mass is 345 g/mol. The van der Waals surface area contributed by atoms with Crippen LogP contribution in [0.3, 0.4) is 0 Å². The molecule has 0 bridgehead atoms. The van der Waals surface area contributed by atoms with Crippen LogP contribution in [0.5, 0.6) is 0 Å². The highest BCUT2D eigenvalue weighted by molar-refractivity contribution is 5.83. The van der Waals surface area contributed by atoms with Crippen LogP contribution in [0.25, 0.3) is 16.7 Å². The van der Waals surface area contributed by atoms with E-state index in [-0.39, 0.29) is 6.42 Å². The number of unbranched alkanes of at least 4 members (excludes halogenated alkanes) is 2. The Morgan fingerprint density at radius 1 is 1.08 bits per heavy atom. The second-order valence-electron chi connectivity index (χ2n) is 6.91. The number of nitriles is 1. The number of nitrogens with zero attached hydrogens (tertiary/aromatic N) is 1. The molecule has 1 aliphatic rings. The number of alkyl halides is 1. The Hall–Kier alpha value is -2.66. The SMILES string of the molecule is CCCCCc1cccc(-c2ccccc2C2=CC=CC(F)(C#N)C2)c1. The lowest BCUT2D eigenvalue weighted by atomic mass is 9.85. The number of rotatable bonds is 6. The molecule has 1 unspecified atom stereocenters. The van der Waals surface area contributed by atoms with Gasteiger partial charge in [-0.1, -0.05) is 80.4 Å². The van der Waals surface area contributed by atoms with Gasteiger partial charge in [0.15, 0.2) is 0 Å². The summed E-state index contributed by atoms with van der Waals surface area (Å²) >= 11 is 0. The zero-order valence-electron chi connectivity index (χ0n) is 15.2. The first-order valence-electron chi connectivity index (χ1n) is 9.32. The van der Waals surface area contributed by atoms with E-state index in [0.717, 1.165) is 28.7 Å². The Labute approximate surface area is 155 Å². The van der Waals surface area contributed by atoms with Gasteiger partial charge in [-0.15, -0.1) is 0 Å². The molecule has 0 heterocycles. The molecule has 132 valence electrons. The lowest BCUT2D eigenvalue weighted by Crippen LogP contribution is -2.19. The van der Waals surface area contributed by atoms with E-state index in [9.17, 15) is 4.39 Å². The van der Waals surface area contributed by atoms with Crippen LogP contribution in [-0.4, -0.2) is 5.67 Å². The lowest BCUT2D eigenvalue weighted by molar-refractivity contribution is 0.314. The van der Waals surface area contributed by atoms with Crippen molar-refractivity contribution in [2.24, 2.45) is 0 Å². The van der Waals surface area contributed by atoms with E-state index < -0.39 is 5.67 Å². The van der Waals surface area contributed by atoms with E-state index in [2.05, 4.69) is 37.3 Å². The van der Waals surface area contributed by atoms with Gasteiger partial charge < -0.3 is 0 Å². The summed E-state index contributed by atoms with van der Waals surface area (Å²) in [6, 6.07) is 18.5. The molecular weight excluding hydrogens is 321 g/mol. The second-order valence-corrected chi connectivity index (χ2v) is 6.91. The van der Waals surface area contributed by atoms with E-state index >= 15 is 0 Å². The van der Waals surface area contributed by atoms with Crippen molar-refractivity contribution in [2.45, 2.75) is 44.7 Å². The Kier molecular flexibility index (Phi) is 5.68. The number of allylic oxidation sites excluding steroid dienone is 4. The van der Waals surface area contributed by atoms with Gasteiger partial charge in [-0.3, -0.25) is 0 Å². The maximum absolute atomic E-state index is 14.5. The lowest BCUT2D eigenvalue weighted by Gasteiger charge is -2.21. The van der Waals surface area contributed by atoms with Gasteiger partial charge in [0.05, 0.1) is 0 Å². The summed E-state index contributed by atoms with van der Waals surface area (Å²) in [6.07, 6.45) is 9.74. The first kappa shape index (κ1) is 18.1. The van der Waals surface area contributed by atoms with Gasteiger partial charge in [-0.05, 0) is 46.7 Å². The average Bonchev–Trinajstić information content (AvgIpc) is 2.68. The second kappa shape index (κ2) is 8.15. The smallest absolute Gasteiger partial charge is 0.218 e. The molecule has 1 aliphatic carbocycles. The van der Waals surface area contributed by atoms with Gasteiger partial charge in [-0.2, -0.15) is 5.26 Å². The molecule has 1 nitrogen and oxygen atoms in total. The Bertz CT molecular complexity index is 872. The zero-order valence-corrected chi connectivity index (χ0v) is 15.2. The highest BCUT2D eigenvalue weighted by atomic mass is 19.1. The van der Waals surface area contributed by atoms with Gasteiger partial charge in [0, 0.05) is 6.42 Å². The third kappa shape index (κ3) is 4.11. The van der Waals surface area contributed by atoms with E-state index in [0.29, 0.717) is 0 Å². The molecule has 0 N–H and O–H groups in total. The summed E-state index contributed by atoms with van der Waals surface area (Å²) < 4.78 is 14.5. The van der Waals surface area contributed by atoms with E-state index in [1.807, 2.05) is 24.3 Å². The number of hydrogen-bond acceptors (Lipinski definition) is 1. The third-order valence-electron chi connectivity index (χ3n) is 4.87. The van der Waals surface area contributed by atoms with Crippen molar-refractivity contribution in [1.82, 2.24) is 0 Å². The number of hydrogen-bond donors (Lipinski definition) is 0. The van der Waals surface area contributed by atoms with Gasteiger partial charge >= 0.3 is 0 Å². The van der Waals surface area contributed by atoms with Crippen LogP contribution >= 0.6 is 0 Å². The van der Waals surface area contributed by atoms with Crippen molar-refractivity contribution in [3.8, 4) is 17.2 Å². The minimum Gasteiger partial charge on any atom is -0.222 e. The molecular formula is C24H24FN. The molecule has 0 saturated carbocycles. The molecule has 1 atom stereocenters. The fraction of sp³-hybridized carbons (Fsp3) is 0.292. The average molecular weight is 345 g/mol. The number of benzene rings is 2. The summed E-state index contributed by atoms with van der Waals surface area (Å²) in [5.41, 5.74) is 3.51. The van der Waals surface area contributed by atoms with Crippen molar-refractivity contribution in [3.05, 3.63) is 77.9 Å². The van der Waals surface area contributed by atoms with Crippen LogP contribution < -0.4 is 0 Å². The van der Waals surface area contributed by atoms with Crippen LogP contribution in [-0.2, 0) is 6.42 Å². The standard InChI is InChI=1S/C24H24FN/c1-2-3-4-9-19-10-7-11-20(16-19)22-13-5-6-14-23(22)21-12-8-15-24(25,17-21)18-26/h5-8,10-16H,2-4,9,17H2,1H3. The predicted molar refractivity (Wildman–Crippen MR) is 106 cm³/mol. The molecule has 0 aliphatic heterocycles. The molecule has 0 aromatic heterocycles. The van der Waals surface area contributed by atoms with E-state index in [4.69, 9.17) is 5.26 Å². The quantitative estimate of drug-likeness (QED) is 0.537. The van der Waals surface area contributed by atoms with E-state index in [1.165, 1.54) is 30.9 Å². The fourth-order valence-corrected chi connectivity index (χ4v) is 3.46. The molecule has 2 aromatic rings. The molecule has 0 fully saturated rings. The maximum atomic E-state index is 14.5. The Morgan fingerprint density at radius 3 is 2.65 bits per heavy atom. The van der Waals surface area contributed by atoms with Crippen LogP contribution in [0.15, 0.2) is 66.8 Å². The molecule has 0 radical (unpaired) electrons. The van der Waals surface area contributed by atoms with Crippen LogP contribution in [0.2, 0.25) is 0 Å². The van der Waals surface area contributed by atoms with Gasteiger partial charge in [-0.25, -0.2) is 4.39 Å². The maximum Gasteiger partial charge on any atom is 0.218 e. The van der Waals surface area contributed by atoms with Gasteiger partial charge in [0.25, 0.3) is 0 Å². The fourth-order valence-electron chi connectivity index (χ4n) is 3.46. The van der Waals surface area contributed by atoms with Crippen molar-refractivity contribution in [2.75, 3.05) is 0 Å². The van der Waals surface area contributed by atoms with Crippen molar-refractivity contribution in [3.63, 3.8) is 0 Å². The molecule has 3 rings (SSSR count). The van der Waals surface area contributed by atoms with Crippen LogP contribution in [0, 0.1) is 11.3 Å². The summed E-state index contributed by atoms with van der Waals surface area (Å²) in [5.74, 6) is 0. The van der Waals surface area contributed by atoms with Crippen molar-refractivity contribution in [1.29, 1.82) is 5.26 Å². The molecule has 2 heteroatoms. The zero-order chi connectivity index (χ0) is 18.4. The van der Waals surface area contributed by atoms with Crippen molar-refractivity contribution >= 4 is 5.57 Å². The number of aryl methyl sites for hydroxylation is 1. The third-order valence-corrected chi connectivity index (χ3v) is 4.87. The highest BCUT2D eigenvalue weighted by Gasteiger charge is 2.30. The summed E-state index contributed by atoms with van der Waals surface area (Å²) in [5, 5.41) is 9.14. The molecule has 0 spiro atoms. The van der Waals surface area contributed by atoms with E-state index in [1.54, 1.807) is 12.1 Å². The normalized spacial score (nSPS) is 19.0. The minimum atomic E-state index is -1.92. The van der Waals surface area contributed by atoms with Crippen LogP contribution in [0.1, 0.15) is 43.7 Å². The van der Waals surface area contributed by atoms with Gasteiger partial charge in [0.1, 0.15) is 6.07 Å². The topological polar surface area (TPSA) is 23.8 Å². The molecule has 0 saturated heterocycles. The number of halogens is 1. The molecule has 2 aromatic carbocycles. The largest absolute Gasteiger partial charge is 0.222 e.